The fourth-order valence-corrected chi connectivity index (χ4v) is 1.60. The van der Waals surface area contributed by atoms with Gasteiger partial charge in [-0.15, -0.1) is 0 Å². The summed E-state index contributed by atoms with van der Waals surface area (Å²) >= 11 is 4.92. The van der Waals surface area contributed by atoms with Crippen molar-refractivity contribution in [1.82, 2.24) is 24.7 Å². The number of hydrogen-bond donors (Lipinski definition) is 1. The van der Waals surface area contributed by atoms with Crippen LogP contribution in [0.25, 0.3) is 11.5 Å². The van der Waals surface area contributed by atoms with E-state index in [-0.39, 0.29) is 0 Å². The van der Waals surface area contributed by atoms with Crippen molar-refractivity contribution in [3.05, 3.63) is 18.6 Å². The highest BCUT2D eigenvalue weighted by Gasteiger charge is 2.03. The molecule has 19 heavy (non-hydrogen) atoms. The lowest BCUT2D eigenvalue weighted by Gasteiger charge is -2.07. The Labute approximate surface area is 116 Å². The molecule has 0 aliphatic carbocycles. The molecule has 8 heteroatoms. The second kappa shape index (κ2) is 7.07. The van der Waals surface area contributed by atoms with Crippen molar-refractivity contribution < 1.29 is 10.1 Å². The summed E-state index contributed by atoms with van der Waals surface area (Å²) in [6.07, 6.45) is 4.79. The minimum absolute atomic E-state index is 0.445. The first-order chi connectivity index (χ1) is 9.27. The van der Waals surface area contributed by atoms with Crippen LogP contribution in [0.15, 0.2) is 23.7 Å². The van der Waals surface area contributed by atoms with Gasteiger partial charge in [0.25, 0.3) is 0 Å². The molecule has 1 fully saturated rings. The number of aromatic nitrogens is 5. The third-order valence-electron chi connectivity index (χ3n) is 2.45. The van der Waals surface area contributed by atoms with Crippen LogP contribution in [0.4, 0.5) is 0 Å². The van der Waals surface area contributed by atoms with Gasteiger partial charge in [-0.05, 0) is 0 Å². The summed E-state index contributed by atoms with van der Waals surface area (Å²) in [4.78, 5) is 12.0. The maximum atomic E-state index is 5.04. The van der Waals surface area contributed by atoms with Crippen molar-refractivity contribution in [3.8, 4) is 11.5 Å². The van der Waals surface area contributed by atoms with Crippen LogP contribution < -0.4 is 5.32 Å². The predicted molar refractivity (Wildman–Crippen MR) is 70.1 cm³/mol. The molecule has 102 valence electrons. The lowest BCUT2D eigenvalue weighted by Crippen LogP contribution is -2.87. The van der Waals surface area contributed by atoms with E-state index in [0.29, 0.717) is 16.7 Å². The summed E-state index contributed by atoms with van der Waals surface area (Å²) in [5.74, 6) is 0.514. The highest BCUT2D eigenvalue weighted by molar-refractivity contribution is 7.58. The summed E-state index contributed by atoms with van der Waals surface area (Å²) in [5, 5.41) is 6.79. The molecular formula is C11H16N6OS. The quantitative estimate of drug-likeness (QED) is 0.658. The monoisotopic (exact) mass is 280 g/mol. The maximum absolute atomic E-state index is 5.04. The second-order valence-corrected chi connectivity index (χ2v) is 4.28. The van der Waals surface area contributed by atoms with Crippen molar-refractivity contribution in [2.75, 3.05) is 26.3 Å². The van der Waals surface area contributed by atoms with Gasteiger partial charge >= 0.3 is 0 Å². The van der Waals surface area contributed by atoms with E-state index >= 15 is 0 Å². The summed E-state index contributed by atoms with van der Waals surface area (Å²) < 4.78 is 6.57. The Balaban J connectivity index is 0.000000186. The van der Waals surface area contributed by atoms with Gasteiger partial charge in [-0.25, -0.2) is 9.97 Å². The average Bonchev–Trinajstić information content (AvgIpc) is 2.82. The molecule has 0 unspecified atom stereocenters. The van der Waals surface area contributed by atoms with Crippen molar-refractivity contribution >= 4 is 12.6 Å². The van der Waals surface area contributed by atoms with E-state index in [1.165, 1.54) is 4.68 Å². The molecule has 0 aromatic carbocycles. The van der Waals surface area contributed by atoms with Crippen LogP contribution in [0.1, 0.15) is 0 Å². The molecule has 3 rings (SSSR count). The summed E-state index contributed by atoms with van der Waals surface area (Å²) in [5.41, 5.74) is 0.634. The molecule has 1 aliphatic heterocycles. The summed E-state index contributed by atoms with van der Waals surface area (Å²) in [6, 6.07) is 0. The lowest BCUT2D eigenvalue weighted by atomic mass is 10.4. The molecule has 0 saturated carbocycles. The Bertz CT molecular complexity index is 468. The molecule has 1 saturated heterocycles. The van der Waals surface area contributed by atoms with E-state index < -0.39 is 0 Å². The van der Waals surface area contributed by atoms with E-state index in [0.717, 1.165) is 26.3 Å². The van der Waals surface area contributed by atoms with Crippen molar-refractivity contribution in [2.24, 2.45) is 7.05 Å². The van der Waals surface area contributed by atoms with Gasteiger partial charge < -0.3 is 22.7 Å². The van der Waals surface area contributed by atoms with Gasteiger partial charge in [0.05, 0.1) is 32.5 Å². The Morgan fingerprint density at radius 1 is 1.32 bits per heavy atom. The predicted octanol–water partition coefficient (Wildman–Crippen LogP) is -1.24. The van der Waals surface area contributed by atoms with E-state index in [1.54, 1.807) is 25.6 Å². The number of ether oxygens (including phenoxy) is 1. The smallest absolute Gasteiger partial charge is 0.199 e. The van der Waals surface area contributed by atoms with Crippen LogP contribution in [0.3, 0.4) is 0 Å². The number of hydrogen-bond acceptors (Lipinski definition) is 6. The molecule has 7 nitrogen and oxygen atoms in total. The molecule has 0 spiro atoms. The van der Waals surface area contributed by atoms with Crippen LogP contribution in [-0.4, -0.2) is 51.0 Å². The van der Waals surface area contributed by atoms with Crippen LogP contribution in [0, 0.1) is 0 Å². The van der Waals surface area contributed by atoms with E-state index in [9.17, 15) is 0 Å². The minimum atomic E-state index is 0.445. The van der Waals surface area contributed by atoms with Gasteiger partial charge in [-0.1, -0.05) is 0 Å². The van der Waals surface area contributed by atoms with E-state index in [2.05, 4.69) is 25.4 Å². The normalized spacial score (nSPS) is 14.6. The Morgan fingerprint density at radius 2 is 2.11 bits per heavy atom. The molecule has 0 radical (unpaired) electrons. The fourth-order valence-electron chi connectivity index (χ4n) is 1.47. The highest BCUT2D eigenvalue weighted by Crippen LogP contribution is 2.09. The molecule has 0 amide bonds. The van der Waals surface area contributed by atoms with Crippen LogP contribution in [0.2, 0.25) is 0 Å². The first-order valence-corrected chi connectivity index (χ1v) is 6.42. The van der Waals surface area contributed by atoms with Crippen LogP contribution in [-0.2, 0) is 24.4 Å². The van der Waals surface area contributed by atoms with Crippen molar-refractivity contribution in [2.45, 2.75) is 5.16 Å². The topological polar surface area (TPSA) is 82.3 Å². The Morgan fingerprint density at radius 3 is 2.53 bits per heavy atom. The first kappa shape index (κ1) is 13.8. The summed E-state index contributed by atoms with van der Waals surface area (Å²) in [7, 11) is 1.75. The molecule has 1 aliphatic rings. The third kappa shape index (κ3) is 4.19. The van der Waals surface area contributed by atoms with Gasteiger partial charge in [0.1, 0.15) is 5.69 Å². The molecule has 0 bridgehead atoms. The van der Waals surface area contributed by atoms with Crippen LogP contribution in [0.5, 0.6) is 0 Å². The van der Waals surface area contributed by atoms with E-state index in [1.807, 2.05) is 0 Å². The van der Waals surface area contributed by atoms with Crippen molar-refractivity contribution in [1.29, 1.82) is 0 Å². The average molecular weight is 280 g/mol. The number of morpholine rings is 1. The van der Waals surface area contributed by atoms with Gasteiger partial charge in [0.15, 0.2) is 5.82 Å². The summed E-state index contributed by atoms with van der Waals surface area (Å²) in [6.45, 7) is 4.19. The molecule has 2 N–H and O–H groups in total. The Hall–Kier alpha value is -1.64. The molecular weight excluding hydrogens is 264 g/mol. The van der Waals surface area contributed by atoms with Gasteiger partial charge in [0.2, 0.25) is 0 Å². The maximum Gasteiger partial charge on any atom is 0.199 e. The SMILES string of the molecule is C1COCC[NH2+]1.Cn1nc(-c2cnccn2)nc1[S-]. The Kier molecular flexibility index (Phi) is 5.13. The largest absolute Gasteiger partial charge is 0.740 e. The number of nitrogens with two attached hydrogens (primary N) is 1. The number of nitrogens with zero attached hydrogens (tertiary/aromatic N) is 5. The van der Waals surface area contributed by atoms with Gasteiger partial charge in [-0.3, -0.25) is 9.67 Å². The van der Waals surface area contributed by atoms with Gasteiger partial charge in [-0.2, -0.15) is 5.10 Å². The van der Waals surface area contributed by atoms with Crippen LogP contribution >= 0.6 is 0 Å². The lowest BCUT2D eigenvalue weighted by molar-refractivity contribution is -0.670. The number of aryl methyl sites for hydroxylation is 1. The van der Waals surface area contributed by atoms with Gasteiger partial charge in [0, 0.05) is 24.6 Å². The number of quaternary nitrogens is 1. The molecule has 3 heterocycles. The molecule has 0 atom stereocenters. The zero-order chi connectivity index (χ0) is 13.5. The number of rotatable bonds is 1. The molecule has 2 aromatic heterocycles. The zero-order valence-electron chi connectivity index (χ0n) is 10.7. The fraction of sp³-hybridized carbons (Fsp3) is 0.455. The molecule has 2 aromatic rings. The minimum Gasteiger partial charge on any atom is -0.740 e. The first-order valence-electron chi connectivity index (χ1n) is 6.01. The van der Waals surface area contributed by atoms with Crippen molar-refractivity contribution in [3.63, 3.8) is 0 Å². The van der Waals surface area contributed by atoms with E-state index in [4.69, 9.17) is 17.4 Å². The second-order valence-electron chi connectivity index (χ2n) is 3.91. The standard InChI is InChI=1S/C7H7N5S.C4H9NO/c1-12-7(13)10-6(11-12)5-4-8-2-3-9-5;1-3-6-4-2-5-1/h2-4H,1H3,(H,10,11,13);5H,1-4H2. The third-order valence-corrected chi connectivity index (χ3v) is 2.80. The zero-order valence-corrected chi connectivity index (χ0v) is 11.5. The highest BCUT2D eigenvalue weighted by atomic mass is 32.1.